The highest BCUT2D eigenvalue weighted by atomic mass is 28.4. The lowest BCUT2D eigenvalue weighted by Gasteiger charge is -2.45. The summed E-state index contributed by atoms with van der Waals surface area (Å²) >= 11 is 0. The van der Waals surface area contributed by atoms with E-state index in [2.05, 4.69) is 54.6 Å². The van der Waals surface area contributed by atoms with E-state index < -0.39 is 31.5 Å². The van der Waals surface area contributed by atoms with Crippen molar-refractivity contribution in [2.75, 3.05) is 0 Å². The number of aliphatic hydroxyl groups is 2. The summed E-state index contributed by atoms with van der Waals surface area (Å²) in [4.78, 5) is 13.1. The molecule has 0 aromatic rings. The first kappa shape index (κ1) is 22.1. The molecule has 2 saturated carbocycles. The third-order valence-corrected chi connectivity index (χ3v) is 13.1. The molecule has 0 unspecified atom stereocenters. The first-order valence-electron chi connectivity index (χ1n) is 10.1. The van der Waals surface area contributed by atoms with Crippen molar-refractivity contribution in [1.82, 2.24) is 0 Å². The average molecular weight is 385 g/mol. The second-order valence-electron chi connectivity index (χ2n) is 11.1. The summed E-state index contributed by atoms with van der Waals surface area (Å²) in [5, 5.41) is 22.0. The largest absolute Gasteiger partial charge is 0.412 e. The van der Waals surface area contributed by atoms with Gasteiger partial charge in [-0.25, -0.2) is 0 Å². The molecule has 2 aliphatic carbocycles. The van der Waals surface area contributed by atoms with Gasteiger partial charge in [-0.15, -0.1) is 0 Å². The van der Waals surface area contributed by atoms with Crippen LogP contribution in [0.5, 0.6) is 0 Å². The van der Waals surface area contributed by atoms with Gasteiger partial charge in [0.25, 0.3) is 0 Å². The molecule has 0 saturated heterocycles. The molecule has 5 heteroatoms. The third kappa shape index (κ3) is 3.13. The van der Waals surface area contributed by atoms with Crippen molar-refractivity contribution >= 4 is 14.1 Å². The van der Waals surface area contributed by atoms with Crippen molar-refractivity contribution in [2.45, 2.75) is 110 Å². The molecule has 26 heavy (non-hydrogen) atoms. The average Bonchev–Trinajstić information content (AvgIpc) is 2.77. The van der Waals surface area contributed by atoms with Gasteiger partial charge in [-0.1, -0.05) is 41.5 Å². The summed E-state index contributed by atoms with van der Waals surface area (Å²) in [5.74, 6) is 0.160. The normalized spacial score (nSPS) is 36.2. The molecule has 5 atom stereocenters. The predicted molar refractivity (Wildman–Crippen MR) is 108 cm³/mol. The standard InChI is InChI=1S/C21H40O4Si/c1-14(25-26(8,9)18(2,3)4)16(22)12-17(23)21(24)13-15-10-11-20(21,7)19(15,5)6/h14-16,22,24H,10-13H2,1-9H3/t14-,15-,16-,20-,21+/m1/s1. The molecule has 4 nitrogen and oxygen atoms in total. The van der Waals surface area contributed by atoms with Gasteiger partial charge < -0.3 is 14.6 Å². The first-order chi connectivity index (χ1) is 11.5. The second-order valence-corrected chi connectivity index (χ2v) is 15.9. The molecule has 0 aromatic heterocycles. The van der Waals surface area contributed by atoms with Crippen molar-refractivity contribution in [2.24, 2.45) is 16.7 Å². The van der Waals surface area contributed by atoms with Gasteiger partial charge in [0.2, 0.25) is 0 Å². The van der Waals surface area contributed by atoms with Gasteiger partial charge in [-0.2, -0.15) is 0 Å². The Hall–Kier alpha value is -0.233. The molecule has 2 fully saturated rings. The van der Waals surface area contributed by atoms with E-state index in [9.17, 15) is 15.0 Å². The minimum Gasteiger partial charge on any atom is -0.412 e. The van der Waals surface area contributed by atoms with Gasteiger partial charge in [0.05, 0.1) is 12.2 Å². The van der Waals surface area contributed by atoms with Gasteiger partial charge in [0.15, 0.2) is 14.1 Å². The van der Waals surface area contributed by atoms with Crippen LogP contribution in [0.3, 0.4) is 0 Å². The fraction of sp³-hybridized carbons (Fsp3) is 0.952. The van der Waals surface area contributed by atoms with E-state index in [0.29, 0.717) is 12.3 Å². The highest BCUT2D eigenvalue weighted by Gasteiger charge is 2.70. The summed E-state index contributed by atoms with van der Waals surface area (Å²) in [6.07, 6.45) is 1.14. The van der Waals surface area contributed by atoms with Crippen LogP contribution in [-0.2, 0) is 9.22 Å². The van der Waals surface area contributed by atoms with Crippen molar-refractivity contribution in [1.29, 1.82) is 0 Å². The van der Waals surface area contributed by atoms with Crippen LogP contribution >= 0.6 is 0 Å². The Labute approximate surface area is 160 Å². The van der Waals surface area contributed by atoms with E-state index in [-0.39, 0.29) is 22.7 Å². The quantitative estimate of drug-likeness (QED) is 0.670. The molecule has 0 aliphatic heterocycles. The molecule has 0 aromatic carbocycles. The van der Waals surface area contributed by atoms with Gasteiger partial charge >= 0.3 is 0 Å². The molecule has 0 radical (unpaired) electrons. The Bertz CT molecular complexity index is 565. The van der Waals surface area contributed by atoms with Gasteiger partial charge in [-0.05, 0) is 55.7 Å². The molecule has 2 bridgehead atoms. The number of rotatable bonds is 6. The topological polar surface area (TPSA) is 66.8 Å². The second kappa shape index (κ2) is 6.40. The van der Waals surface area contributed by atoms with Crippen molar-refractivity contribution < 1.29 is 19.4 Å². The maximum Gasteiger partial charge on any atom is 0.192 e. The van der Waals surface area contributed by atoms with Crippen LogP contribution in [0.15, 0.2) is 0 Å². The molecule has 0 spiro atoms. The molecule has 2 aliphatic rings. The van der Waals surface area contributed by atoms with Crippen molar-refractivity contribution in [3.05, 3.63) is 0 Å². The van der Waals surface area contributed by atoms with E-state index in [1.165, 1.54) is 0 Å². The summed E-state index contributed by atoms with van der Waals surface area (Å²) in [5.41, 5.74) is -1.78. The molecular weight excluding hydrogens is 344 g/mol. The Morgan fingerprint density at radius 2 is 1.81 bits per heavy atom. The highest BCUT2D eigenvalue weighted by molar-refractivity contribution is 6.74. The van der Waals surface area contributed by atoms with E-state index in [1.54, 1.807) is 0 Å². The van der Waals surface area contributed by atoms with E-state index in [1.807, 2.05) is 6.92 Å². The monoisotopic (exact) mass is 384 g/mol. The van der Waals surface area contributed by atoms with E-state index in [4.69, 9.17) is 4.43 Å². The number of aliphatic hydroxyl groups excluding tert-OH is 1. The van der Waals surface area contributed by atoms with Gasteiger partial charge in [-0.3, -0.25) is 4.79 Å². The number of carbonyl (C=O) groups excluding carboxylic acids is 1. The molecule has 0 heterocycles. The zero-order valence-electron chi connectivity index (χ0n) is 18.3. The molecule has 0 amide bonds. The van der Waals surface area contributed by atoms with Crippen LogP contribution in [0.1, 0.15) is 74.1 Å². The third-order valence-electron chi connectivity index (χ3n) is 8.57. The maximum atomic E-state index is 13.1. The minimum atomic E-state index is -2.02. The van der Waals surface area contributed by atoms with Crippen LogP contribution < -0.4 is 0 Å². The molecule has 152 valence electrons. The molecule has 2 N–H and O–H groups in total. The molecular formula is C21H40O4Si. The smallest absolute Gasteiger partial charge is 0.192 e. The Balaban J connectivity index is 2.08. The van der Waals surface area contributed by atoms with Crippen molar-refractivity contribution in [3.8, 4) is 0 Å². The summed E-state index contributed by atoms with van der Waals surface area (Å²) in [6.45, 7) is 19.0. The highest BCUT2D eigenvalue weighted by Crippen LogP contribution is 2.70. The van der Waals surface area contributed by atoms with Crippen LogP contribution in [0.25, 0.3) is 0 Å². The van der Waals surface area contributed by atoms with Crippen molar-refractivity contribution in [3.63, 3.8) is 0 Å². The fourth-order valence-electron chi connectivity index (χ4n) is 4.94. The number of fused-ring (bicyclic) bond motifs is 2. The molecule has 2 rings (SSSR count). The van der Waals surface area contributed by atoms with Crippen LogP contribution in [-0.4, -0.2) is 42.1 Å². The van der Waals surface area contributed by atoms with Crippen LogP contribution in [0, 0.1) is 16.7 Å². The zero-order valence-corrected chi connectivity index (χ0v) is 19.3. The maximum absolute atomic E-state index is 13.1. The SMILES string of the molecule is C[C@@H](O[Si](C)(C)C(C)(C)C)[C@H](O)CC(=O)[C@@]1(O)C[C@H]2CC[C@]1(C)C2(C)C. The lowest BCUT2D eigenvalue weighted by atomic mass is 9.62. The number of hydrogen-bond acceptors (Lipinski definition) is 4. The summed E-state index contributed by atoms with van der Waals surface area (Å²) in [7, 11) is -2.02. The van der Waals surface area contributed by atoms with Crippen LogP contribution in [0.4, 0.5) is 0 Å². The zero-order chi connectivity index (χ0) is 20.3. The Morgan fingerprint density at radius 3 is 2.19 bits per heavy atom. The van der Waals surface area contributed by atoms with Gasteiger partial charge in [0, 0.05) is 11.8 Å². The van der Waals surface area contributed by atoms with Gasteiger partial charge in [0.1, 0.15) is 5.60 Å². The lowest BCUT2D eigenvalue weighted by molar-refractivity contribution is -0.158. The van der Waals surface area contributed by atoms with E-state index >= 15 is 0 Å². The fourth-order valence-corrected chi connectivity index (χ4v) is 6.38. The number of carbonyl (C=O) groups is 1. The van der Waals surface area contributed by atoms with E-state index in [0.717, 1.165) is 12.8 Å². The number of hydrogen-bond donors (Lipinski definition) is 2. The number of Topliss-reactive ketones (excluding diaryl/α,β-unsaturated/α-hetero) is 1. The first-order valence-corrected chi connectivity index (χ1v) is 13.0. The Morgan fingerprint density at radius 1 is 1.27 bits per heavy atom. The number of ketones is 1. The Kier molecular flexibility index (Phi) is 5.43. The minimum absolute atomic E-state index is 0.0370. The summed E-state index contributed by atoms with van der Waals surface area (Å²) < 4.78 is 6.24. The predicted octanol–water partition coefficient (Wildman–Crippen LogP) is 4.29. The lowest BCUT2D eigenvalue weighted by Crippen LogP contribution is -2.54. The van der Waals surface area contributed by atoms with Crippen LogP contribution in [0.2, 0.25) is 18.1 Å². The summed E-state index contributed by atoms with van der Waals surface area (Å²) in [6, 6.07) is 0.